The smallest absolute Gasteiger partial charge is 0.117 e. The molecule has 1 aliphatic heterocycles. The van der Waals surface area contributed by atoms with Crippen LogP contribution in [0.15, 0.2) is 34.9 Å². The molecule has 1 fully saturated rings. The molecule has 0 amide bonds. The molecule has 20 heavy (non-hydrogen) atoms. The second kappa shape index (κ2) is 5.33. The Labute approximate surface area is 120 Å². The Kier molecular flexibility index (Phi) is 3.53. The fraction of sp³-hybridized carbons (Fsp3) is 0.412. The van der Waals surface area contributed by atoms with Gasteiger partial charge in [-0.15, -0.1) is 0 Å². The van der Waals surface area contributed by atoms with Gasteiger partial charge >= 0.3 is 0 Å². The van der Waals surface area contributed by atoms with E-state index in [2.05, 4.69) is 42.7 Å². The first-order valence-electron chi connectivity index (χ1n) is 7.21. The van der Waals surface area contributed by atoms with E-state index >= 15 is 0 Å². The van der Waals surface area contributed by atoms with E-state index in [-0.39, 0.29) is 0 Å². The fourth-order valence-electron chi connectivity index (χ4n) is 3.25. The molecule has 0 saturated carbocycles. The first kappa shape index (κ1) is 13.3. The molecule has 0 bridgehead atoms. The lowest BCUT2D eigenvalue weighted by molar-refractivity contribution is 0.300. The molecular formula is C17H22N2O. The molecule has 0 atom stereocenters. The Balaban J connectivity index is 1.74. The molecule has 0 unspecified atom stereocenters. The first-order chi connectivity index (χ1) is 9.63. The SMILES string of the molecule is Cc1cc(C)c(N2CCN(Cc3ccco3)C2)c(C)c1. The normalized spacial score (nSPS) is 16.1. The summed E-state index contributed by atoms with van der Waals surface area (Å²) >= 11 is 0. The summed E-state index contributed by atoms with van der Waals surface area (Å²) in [5.74, 6) is 1.05. The van der Waals surface area contributed by atoms with Gasteiger partial charge in [0.05, 0.1) is 19.5 Å². The maximum atomic E-state index is 5.44. The van der Waals surface area contributed by atoms with Crippen molar-refractivity contribution in [3.05, 3.63) is 53.0 Å². The van der Waals surface area contributed by atoms with E-state index in [4.69, 9.17) is 4.42 Å². The Morgan fingerprint density at radius 3 is 2.50 bits per heavy atom. The van der Waals surface area contributed by atoms with E-state index in [1.807, 2.05) is 12.1 Å². The van der Waals surface area contributed by atoms with Gasteiger partial charge in [0.25, 0.3) is 0 Å². The number of anilines is 1. The number of benzene rings is 1. The van der Waals surface area contributed by atoms with E-state index in [0.717, 1.165) is 32.1 Å². The second-order valence-corrected chi connectivity index (χ2v) is 5.78. The number of hydrogen-bond acceptors (Lipinski definition) is 3. The van der Waals surface area contributed by atoms with Crippen molar-refractivity contribution in [1.29, 1.82) is 0 Å². The van der Waals surface area contributed by atoms with Gasteiger partial charge in [-0.05, 0) is 44.0 Å². The van der Waals surface area contributed by atoms with Crippen LogP contribution in [0.4, 0.5) is 5.69 Å². The zero-order chi connectivity index (χ0) is 14.1. The molecular weight excluding hydrogens is 248 g/mol. The minimum atomic E-state index is 0.896. The zero-order valence-corrected chi connectivity index (χ0v) is 12.5. The van der Waals surface area contributed by atoms with Crippen molar-refractivity contribution < 1.29 is 4.42 Å². The Morgan fingerprint density at radius 2 is 1.85 bits per heavy atom. The van der Waals surface area contributed by atoms with Crippen LogP contribution in [0.2, 0.25) is 0 Å². The quantitative estimate of drug-likeness (QED) is 0.851. The predicted molar refractivity (Wildman–Crippen MR) is 82.0 cm³/mol. The maximum absolute atomic E-state index is 5.44. The Hall–Kier alpha value is -1.74. The summed E-state index contributed by atoms with van der Waals surface area (Å²) in [5.41, 5.74) is 5.50. The fourth-order valence-corrected chi connectivity index (χ4v) is 3.25. The first-order valence-corrected chi connectivity index (χ1v) is 7.21. The molecule has 1 aromatic heterocycles. The van der Waals surface area contributed by atoms with Gasteiger partial charge in [0, 0.05) is 18.8 Å². The number of rotatable bonds is 3. The third-order valence-corrected chi connectivity index (χ3v) is 3.97. The highest BCUT2D eigenvalue weighted by Crippen LogP contribution is 2.28. The van der Waals surface area contributed by atoms with Crippen LogP contribution in [0, 0.1) is 20.8 Å². The van der Waals surface area contributed by atoms with Crippen molar-refractivity contribution in [3.63, 3.8) is 0 Å². The van der Waals surface area contributed by atoms with Crippen molar-refractivity contribution in [3.8, 4) is 0 Å². The lowest BCUT2D eigenvalue weighted by Gasteiger charge is -2.24. The van der Waals surface area contributed by atoms with Crippen molar-refractivity contribution in [2.45, 2.75) is 27.3 Å². The highest BCUT2D eigenvalue weighted by atomic mass is 16.3. The summed E-state index contributed by atoms with van der Waals surface area (Å²) in [5, 5.41) is 0. The van der Waals surface area contributed by atoms with E-state index in [1.54, 1.807) is 6.26 Å². The zero-order valence-electron chi connectivity index (χ0n) is 12.5. The van der Waals surface area contributed by atoms with Crippen LogP contribution in [0.3, 0.4) is 0 Å². The molecule has 0 N–H and O–H groups in total. The van der Waals surface area contributed by atoms with Gasteiger partial charge in [-0.1, -0.05) is 17.7 Å². The number of nitrogens with zero attached hydrogens (tertiary/aromatic N) is 2. The highest BCUT2D eigenvalue weighted by Gasteiger charge is 2.23. The number of furan rings is 1. The molecule has 1 aliphatic rings. The molecule has 106 valence electrons. The van der Waals surface area contributed by atoms with Gasteiger partial charge < -0.3 is 9.32 Å². The minimum absolute atomic E-state index is 0.896. The summed E-state index contributed by atoms with van der Waals surface area (Å²) in [6.07, 6.45) is 1.75. The summed E-state index contributed by atoms with van der Waals surface area (Å²) in [7, 11) is 0. The van der Waals surface area contributed by atoms with Crippen LogP contribution >= 0.6 is 0 Å². The summed E-state index contributed by atoms with van der Waals surface area (Å²) < 4.78 is 5.44. The number of aryl methyl sites for hydroxylation is 3. The standard InChI is InChI=1S/C17H22N2O/c1-13-9-14(2)17(15(3)10-13)19-7-6-18(12-19)11-16-5-4-8-20-16/h4-5,8-10H,6-7,11-12H2,1-3H3. The third-order valence-electron chi connectivity index (χ3n) is 3.97. The average molecular weight is 270 g/mol. The molecule has 1 aromatic carbocycles. The monoisotopic (exact) mass is 270 g/mol. The van der Waals surface area contributed by atoms with Crippen LogP contribution in [0.5, 0.6) is 0 Å². The van der Waals surface area contributed by atoms with Crippen molar-refractivity contribution in [1.82, 2.24) is 4.90 Å². The van der Waals surface area contributed by atoms with E-state index < -0.39 is 0 Å². The Morgan fingerprint density at radius 1 is 1.10 bits per heavy atom. The maximum Gasteiger partial charge on any atom is 0.117 e. The van der Waals surface area contributed by atoms with Gasteiger partial charge in [-0.3, -0.25) is 4.90 Å². The topological polar surface area (TPSA) is 19.6 Å². The third kappa shape index (κ3) is 2.59. The van der Waals surface area contributed by atoms with Gasteiger partial charge in [-0.25, -0.2) is 0 Å². The summed E-state index contributed by atoms with van der Waals surface area (Å²) in [6, 6.07) is 8.55. The van der Waals surface area contributed by atoms with Crippen LogP contribution in [-0.4, -0.2) is 24.7 Å². The summed E-state index contributed by atoms with van der Waals surface area (Å²) in [6.45, 7) is 10.6. The molecule has 0 radical (unpaired) electrons. The molecule has 1 saturated heterocycles. The molecule has 3 nitrogen and oxygen atoms in total. The largest absolute Gasteiger partial charge is 0.468 e. The lowest BCUT2D eigenvalue weighted by Crippen LogP contribution is -2.26. The molecule has 0 aliphatic carbocycles. The van der Waals surface area contributed by atoms with Gasteiger partial charge in [0.2, 0.25) is 0 Å². The molecule has 3 heteroatoms. The van der Waals surface area contributed by atoms with E-state index in [9.17, 15) is 0 Å². The Bertz CT molecular complexity index is 566. The van der Waals surface area contributed by atoms with Crippen molar-refractivity contribution in [2.75, 3.05) is 24.7 Å². The molecule has 2 aromatic rings. The van der Waals surface area contributed by atoms with Crippen LogP contribution in [0.25, 0.3) is 0 Å². The second-order valence-electron chi connectivity index (χ2n) is 5.78. The van der Waals surface area contributed by atoms with E-state index in [1.165, 1.54) is 22.4 Å². The van der Waals surface area contributed by atoms with E-state index in [0.29, 0.717) is 0 Å². The number of hydrogen-bond donors (Lipinski definition) is 0. The molecule has 3 rings (SSSR count). The van der Waals surface area contributed by atoms with Crippen LogP contribution in [-0.2, 0) is 6.54 Å². The van der Waals surface area contributed by atoms with Crippen LogP contribution < -0.4 is 4.90 Å². The minimum Gasteiger partial charge on any atom is -0.468 e. The lowest BCUT2D eigenvalue weighted by atomic mass is 10.0. The average Bonchev–Trinajstić information content (AvgIpc) is 3.00. The predicted octanol–water partition coefficient (Wildman–Crippen LogP) is 3.48. The van der Waals surface area contributed by atoms with Gasteiger partial charge in [0.1, 0.15) is 5.76 Å². The van der Waals surface area contributed by atoms with Gasteiger partial charge in [0.15, 0.2) is 0 Å². The molecule has 0 spiro atoms. The van der Waals surface area contributed by atoms with Crippen molar-refractivity contribution in [2.24, 2.45) is 0 Å². The van der Waals surface area contributed by atoms with Gasteiger partial charge in [-0.2, -0.15) is 0 Å². The van der Waals surface area contributed by atoms with Crippen LogP contribution in [0.1, 0.15) is 22.5 Å². The molecule has 2 heterocycles. The van der Waals surface area contributed by atoms with Crippen molar-refractivity contribution >= 4 is 5.69 Å². The highest BCUT2D eigenvalue weighted by molar-refractivity contribution is 5.60. The summed E-state index contributed by atoms with van der Waals surface area (Å²) in [4.78, 5) is 4.91.